The van der Waals surface area contributed by atoms with E-state index in [1.807, 2.05) is 0 Å². The molecule has 0 amide bonds. The first-order chi connectivity index (χ1) is 24.6. The third-order valence-corrected chi connectivity index (χ3v) is 9.31. The van der Waals surface area contributed by atoms with Gasteiger partial charge in [-0.3, -0.25) is 0 Å². The average Bonchev–Trinajstić information content (AvgIpc) is 3.56. The molecule has 10 nitrogen and oxygen atoms in total. The van der Waals surface area contributed by atoms with E-state index in [9.17, 15) is 0 Å². The van der Waals surface area contributed by atoms with Crippen molar-refractivity contribution in [2.45, 2.75) is 38.8 Å². The number of nitrogens with zero attached hydrogens (tertiary/aromatic N) is 4. The van der Waals surface area contributed by atoms with Gasteiger partial charge in [-0.05, 0) is 103 Å². The second-order valence-corrected chi connectivity index (χ2v) is 14.0. The summed E-state index contributed by atoms with van der Waals surface area (Å²) in [4.78, 5) is 34.2. The Morgan fingerprint density at radius 3 is 1.65 bits per heavy atom. The number of aromatic nitrogens is 2. The molecule has 0 saturated carbocycles. The van der Waals surface area contributed by atoms with Crippen LogP contribution < -0.4 is 10.6 Å². The summed E-state index contributed by atoms with van der Waals surface area (Å²) in [6, 6.07) is 30.4. The Kier molecular flexibility index (Phi) is 15.7. The number of aliphatic carboxylic acids is 2. The van der Waals surface area contributed by atoms with Crippen LogP contribution in [0, 0.1) is 0 Å². The first-order valence-corrected chi connectivity index (χ1v) is 18.1. The van der Waals surface area contributed by atoms with Gasteiger partial charge in [-0.2, -0.15) is 0 Å². The molecule has 5 rings (SSSR count). The first kappa shape index (κ1) is 39.3. The van der Waals surface area contributed by atoms with Gasteiger partial charge in [0.2, 0.25) is 0 Å². The molecule has 0 bridgehead atoms. The Morgan fingerprint density at radius 1 is 0.647 bits per heavy atom. The summed E-state index contributed by atoms with van der Waals surface area (Å²) in [7, 11) is 8.52. The SMILES string of the molecule is CN(C)CCCCNCc1ccc(-c2nc(-c3ccc(CNCCCCN(C)C)cc3)c3sc(-c4ccccc4)cc3n2)cc1.O=C(O)C(=O)O. The molecule has 0 aliphatic carbocycles. The molecule has 0 radical (unpaired) electrons. The molecule has 0 atom stereocenters. The van der Waals surface area contributed by atoms with Gasteiger partial charge in [0.1, 0.15) is 0 Å². The minimum atomic E-state index is -1.82. The first-order valence-electron chi connectivity index (χ1n) is 17.3. The summed E-state index contributed by atoms with van der Waals surface area (Å²) < 4.78 is 1.12. The molecule has 0 fully saturated rings. The molecular weight excluding hydrogens is 661 g/mol. The number of rotatable bonds is 17. The smallest absolute Gasteiger partial charge is 0.414 e. The van der Waals surface area contributed by atoms with E-state index in [2.05, 4.69) is 134 Å². The molecule has 11 heteroatoms. The van der Waals surface area contributed by atoms with Crippen LogP contribution >= 0.6 is 11.3 Å². The van der Waals surface area contributed by atoms with E-state index in [0.29, 0.717) is 0 Å². The van der Waals surface area contributed by atoms with E-state index in [0.717, 1.165) is 72.1 Å². The van der Waals surface area contributed by atoms with Crippen LogP contribution in [0.4, 0.5) is 0 Å². The Labute approximate surface area is 305 Å². The summed E-state index contributed by atoms with van der Waals surface area (Å²) in [5.74, 6) is -2.88. The van der Waals surface area contributed by atoms with Crippen molar-refractivity contribution < 1.29 is 19.8 Å². The van der Waals surface area contributed by atoms with Crippen LogP contribution in [0.3, 0.4) is 0 Å². The number of fused-ring (bicyclic) bond motifs is 1. The lowest BCUT2D eigenvalue weighted by Crippen LogP contribution is -2.18. The normalized spacial score (nSPS) is 11.2. The molecule has 2 heterocycles. The fraction of sp³-hybridized carbons (Fsp3) is 0.350. The van der Waals surface area contributed by atoms with Gasteiger partial charge < -0.3 is 30.6 Å². The van der Waals surface area contributed by atoms with Crippen LogP contribution in [0.2, 0.25) is 0 Å². The van der Waals surface area contributed by atoms with Gasteiger partial charge in [0, 0.05) is 29.1 Å². The van der Waals surface area contributed by atoms with Gasteiger partial charge in [-0.25, -0.2) is 19.6 Å². The molecule has 0 saturated heterocycles. The Hall–Kier alpha value is -4.52. The Morgan fingerprint density at radius 2 is 1.16 bits per heavy atom. The number of benzene rings is 3. The Bertz CT molecular complexity index is 1800. The fourth-order valence-corrected chi connectivity index (χ4v) is 6.49. The Balaban J connectivity index is 0.000000894. The standard InChI is InChI=1S/C38H48N6S.C2H2O4/c1-43(2)24-10-8-22-39-27-29-14-18-32(19-15-29)36-37-34(26-35(45-37)31-12-6-5-7-13-31)41-38(42-36)33-20-16-30(17-21-33)28-40-23-9-11-25-44(3)4;3-1(4)2(5)6/h5-7,12-21,26,39-40H,8-11,22-25,27-28H2,1-4H3;(H,3,4)(H,5,6). The molecular formula is C40H50N6O4S. The van der Waals surface area contributed by atoms with E-state index in [4.69, 9.17) is 29.8 Å². The van der Waals surface area contributed by atoms with Crippen molar-refractivity contribution in [3.8, 4) is 33.1 Å². The molecule has 4 N–H and O–H groups in total. The predicted octanol–water partition coefficient (Wildman–Crippen LogP) is 6.71. The zero-order valence-corrected chi connectivity index (χ0v) is 30.9. The molecule has 270 valence electrons. The largest absolute Gasteiger partial charge is 0.473 e. The number of hydrogen-bond donors (Lipinski definition) is 4. The third kappa shape index (κ3) is 13.0. The second-order valence-electron chi connectivity index (χ2n) is 13.0. The lowest BCUT2D eigenvalue weighted by molar-refractivity contribution is -0.159. The van der Waals surface area contributed by atoms with Crippen LogP contribution in [-0.4, -0.2) is 96.3 Å². The molecule has 51 heavy (non-hydrogen) atoms. The minimum absolute atomic E-state index is 0.765. The van der Waals surface area contributed by atoms with Gasteiger partial charge in [0.25, 0.3) is 0 Å². The number of carbonyl (C=O) groups is 2. The predicted molar refractivity (Wildman–Crippen MR) is 208 cm³/mol. The summed E-state index contributed by atoms with van der Waals surface area (Å²) in [5.41, 5.74) is 7.91. The number of thiophene rings is 1. The van der Waals surface area contributed by atoms with Crippen LogP contribution in [-0.2, 0) is 22.7 Å². The molecule has 0 aliphatic heterocycles. The molecule has 5 aromatic rings. The lowest BCUT2D eigenvalue weighted by Gasteiger charge is -2.11. The van der Waals surface area contributed by atoms with E-state index in [-0.39, 0.29) is 0 Å². The monoisotopic (exact) mass is 710 g/mol. The number of hydrogen-bond acceptors (Lipinski definition) is 9. The van der Waals surface area contributed by atoms with Crippen molar-refractivity contribution >= 4 is 33.5 Å². The topological polar surface area (TPSA) is 131 Å². The minimum Gasteiger partial charge on any atom is -0.473 e. The maximum Gasteiger partial charge on any atom is 0.414 e. The fourth-order valence-electron chi connectivity index (χ4n) is 5.37. The van der Waals surface area contributed by atoms with Crippen molar-refractivity contribution in [2.75, 3.05) is 54.4 Å². The van der Waals surface area contributed by atoms with Gasteiger partial charge in [-0.15, -0.1) is 11.3 Å². The molecule has 3 aromatic carbocycles. The molecule has 2 aromatic heterocycles. The molecule has 0 aliphatic rings. The molecule has 0 unspecified atom stereocenters. The van der Waals surface area contributed by atoms with E-state index in [1.165, 1.54) is 47.3 Å². The van der Waals surface area contributed by atoms with Crippen molar-refractivity contribution in [3.63, 3.8) is 0 Å². The zero-order valence-electron chi connectivity index (χ0n) is 30.1. The average molecular weight is 711 g/mol. The van der Waals surface area contributed by atoms with E-state index in [1.54, 1.807) is 11.3 Å². The summed E-state index contributed by atoms with van der Waals surface area (Å²) in [6.07, 6.45) is 4.81. The van der Waals surface area contributed by atoms with E-state index >= 15 is 0 Å². The highest BCUT2D eigenvalue weighted by molar-refractivity contribution is 7.22. The lowest BCUT2D eigenvalue weighted by atomic mass is 10.1. The van der Waals surface area contributed by atoms with Gasteiger partial charge >= 0.3 is 11.9 Å². The maximum absolute atomic E-state index is 9.10. The van der Waals surface area contributed by atoms with Gasteiger partial charge in [0.05, 0.1) is 15.9 Å². The molecule has 0 spiro atoms. The highest BCUT2D eigenvalue weighted by Crippen LogP contribution is 2.39. The van der Waals surface area contributed by atoms with Crippen molar-refractivity contribution in [3.05, 3.63) is 96.1 Å². The van der Waals surface area contributed by atoms with Crippen LogP contribution in [0.5, 0.6) is 0 Å². The second kappa shape index (κ2) is 20.4. The van der Waals surface area contributed by atoms with Crippen LogP contribution in [0.15, 0.2) is 84.9 Å². The van der Waals surface area contributed by atoms with Crippen LogP contribution in [0.25, 0.3) is 43.3 Å². The highest BCUT2D eigenvalue weighted by Gasteiger charge is 2.16. The maximum atomic E-state index is 9.10. The van der Waals surface area contributed by atoms with Crippen molar-refractivity contribution in [2.24, 2.45) is 0 Å². The van der Waals surface area contributed by atoms with Gasteiger partial charge in [-0.1, -0.05) is 78.9 Å². The zero-order chi connectivity index (χ0) is 36.6. The highest BCUT2D eigenvalue weighted by atomic mass is 32.1. The summed E-state index contributed by atoms with van der Waals surface area (Å²) >= 11 is 1.77. The summed E-state index contributed by atoms with van der Waals surface area (Å²) in [6.45, 7) is 6.09. The third-order valence-electron chi connectivity index (χ3n) is 8.13. The van der Waals surface area contributed by atoms with Crippen LogP contribution in [0.1, 0.15) is 36.8 Å². The number of carboxylic acid groups (broad SMARTS) is 2. The van der Waals surface area contributed by atoms with E-state index < -0.39 is 11.9 Å². The van der Waals surface area contributed by atoms with Crippen molar-refractivity contribution in [1.82, 2.24) is 30.4 Å². The quantitative estimate of drug-likeness (QED) is 0.0610. The number of unbranched alkanes of at least 4 members (excludes halogenated alkanes) is 2. The number of nitrogens with one attached hydrogen (secondary N) is 2. The number of carboxylic acids is 2. The van der Waals surface area contributed by atoms with Crippen molar-refractivity contribution in [1.29, 1.82) is 0 Å². The van der Waals surface area contributed by atoms with Gasteiger partial charge in [0.15, 0.2) is 5.82 Å². The summed E-state index contributed by atoms with van der Waals surface area (Å²) in [5, 5.41) is 22.0.